The van der Waals surface area contributed by atoms with Crippen LogP contribution < -0.4 is 5.32 Å². The summed E-state index contributed by atoms with van der Waals surface area (Å²) in [6.07, 6.45) is 2.07. The maximum absolute atomic E-state index is 12.2. The molecular formula is C16H22N2O3. The number of rotatable bonds is 5. The molecule has 114 valence electrons. The number of carbonyl (C=O) groups is 2. The average molecular weight is 290 g/mol. The van der Waals surface area contributed by atoms with Crippen LogP contribution in [0.15, 0.2) is 24.3 Å². The van der Waals surface area contributed by atoms with Crippen LogP contribution in [-0.4, -0.2) is 47.6 Å². The first-order valence-corrected chi connectivity index (χ1v) is 7.26. The first-order valence-electron chi connectivity index (χ1n) is 7.26. The van der Waals surface area contributed by atoms with Gasteiger partial charge in [0.15, 0.2) is 0 Å². The number of hydrogen-bond acceptors (Lipinski definition) is 3. The van der Waals surface area contributed by atoms with Crippen LogP contribution in [0.2, 0.25) is 0 Å². The van der Waals surface area contributed by atoms with E-state index >= 15 is 0 Å². The molecule has 1 aliphatic rings. The number of aliphatic carboxylic acids is 1. The Bertz CT molecular complexity index is 513. The fourth-order valence-electron chi connectivity index (χ4n) is 2.67. The lowest BCUT2D eigenvalue weighted by Gasteiger charge is -2.22. The van der Waals surface area contributed by atoms with E-state index in [1.807, 2.05) is 43.1 Å². The predicted molar refractivity (Wildman–Crippen MR) is 80.1 cm³/mol. The highest BCUT2D eigenvalue weighted by Gasteiger charge is 2.30. The lowest BCUT2D eigenvalue weighted by Crippen LogP contribution is -2.49. The van der Waals surface area contributed by atoms with Crippen molar-refractivity contribution in [2.24, 2.45) is 0 Å². The largest absolute Gasteiger partial charge is 0.480 e. The number of hydrogen-bond donors (Lipinski definition) is 2. The van der Waals surface area contributed by atoms with Gasteiger partial charge in [0, 0.05) is 6.42 Å². The molecular weight excluding hydrogens is 268 g/mol. The zero-order chi connectivity index (χ0) is 15.4. The second-order valence-electron chi connectivity index (χ2n) is 5.73. The third-order valence-corrected chi connectivity index (χ3v) is 4.00. The maximum atomic E-state index is 12.2. The molecule has 5 nitrogen and oxygen atoms in total. The van der Waals surface area contributed by atoms with E-state index < -0.39 is 12.0 Å². The van der Waals surface area contributed by atoms with Crippen LogP contribution in [0.1, 0.15) is 24.0 Å². The molecule has 1 aromatic rings. The molecule has 0 saturated carbocycles. The number of aryl methyl sites for hydroxylation is 1. The Morgan fingerprint density at radius 1 is 1.38 bits per heavy atom. The Balaban J connectivity index is 2.00. The summed E-state index contributed by atoms with van der Waals surface area (Å²) in [7, 11) is 1.90. The van der Waals surface area contributed by atoms with Crippen molar-refractivity contribution in [3.8, 4) is 0 Å². The molecule has 2 unspecified atom stereocenters. The molecule has 0 aromatic heterocycles. The molecule has 1 saturated heterocycles. The molecule has 0 aliphatic carbocycles. The molecule has 5 heteroatoms. The van der Waals surface area contributed by atoms with Gasteiger partial charge in [0.2, 0.25) is 5.91 Å². The van der Waals surface area contributed by atoms with E-state index in [1.165, 1.54) is 0 Å². The second kappa shape index (κ2) is 6.72. The van der Waals surface area contributed by atoms with Crippen molar-refractivity contribution in [3.05, 3.63) is 35.4 Å². The van der Waals surface area contributed by atoms with Gasteiger partial charge < -0.3 is 10.4 Å². The predicted octanol–water partition coefficient (Wildman–Crippen LogP) is 1.20. The van der Waals surface area contributed by atoms with E-state index in [-0.39, 0.29) is 11.9 Å². The Morgan fingerprint density at radius 2 is 2.05 bits per heavy atom. The molecule has 0 radical (unpaired) electrons. The lowest BCUT2D eigenvalue weighted by atomic mass is 10.0. The van der Waals surface area contributed by atoms with Crippen molar-refractivity contribution in [3.63, 3.8) is 0 Å². The molecule has 2 rings (SSSR count). The highest BCUT2D eigenvalue weighted by molar-refractivity contribution is 5.87. The van der Waals surface area contributed by atoms with Crippen molar-refractivity contribution < 1.29 is 14.7 Å². The summed E-state index contributed by atoms with van der Waals surface area (Å²) < 4.78 is 0. The van der Waals surface area contributed by atoms with Gasteiger partial charge in [0.05, 0.1) is 6.04 Å². The van der Waals surface area contributed by atoms with Crippen LogP contribution in [0.4, 0.5) is 0 Å². The summed E-state index contributed by atoms with van der Waals surface area (Å²) in [5, 5.41) is 12.0. The van der Waals surface area contributed by atoms with Gasteiger partial charge in [0.1, 0.15) is 6.04 Å². The number of benzene rings is 1. The van der Waals surface area contributed by atoms with E-state index in [0.29, 0.717) is 6.42 Å². The van der Waals surface area contributed by atoms with Gasteiger partial charge in [-0.3, -0.25) is 9.69 Å². The highest BCUT2D eigenvalue weighted by atomic mass is 16.4. The molecule has 0 spiro atoms. The monoisotopic (exact) mass is 290 g/mol. The van der Waals surface area contributed by atoms with Crippen molar-refractivity contribution in [2.45, 2.75) is 38.3 Å². The highest BCUT2D eigenvalue weighted by Crippen LogP contribution is 2.15. The van der Waals surface area contributed by atoms with Gasteiger partial charge in [-0.05, 0) is 38.9 Å². The van der Waals surface area contributed by atoms with Gasteiger partial charge in [-0.1, -0.05) is 29.8 Å². The van der Waals surface area contributed by atoms with E-state index in [0.717, 1.165) is 30.5 Å². The van der Waals surface area contributed by atoms with Crippen molar-refractivity contribution in [1.29, 1.82) is 0 Å². The maximum Gasteiger partial charge on any atom is 0.326 e. The summed E-state index contributed by atoms with van der Waals surface area (Å²) in [6.45, 7) is 2.87. The van der Waals surface area contributed by atoms with Gasteiger partial charge >= 0.3 is 5.97 Å². The minimum absolute atomic E-state index is 0.186. The third-order valence-electron chi connectivity index (χ3n) is 4.00. The minimum atomic E-state index is -0.996. The topological polar surface area (TPSA) is 69.6 Å². The number of carboxylic acids is 1. The van der Waals surface area contributed by atoms with Gasteiger partial charge in [0.25, 0.3) is 0 Å². The molecule has 2 N–H and O–H groups in total. The number of likely N-dealkylation sites (tertiary alicyclic amines) is 1. The van der Waals surface area contributed by atoms with Crippen molar-refractivity contribution in [1.82, 2.24) is 10.2 Å². The smallest absolute Gasteiger partial charge is 0.326 e. The summed E-state index contributed by atoms with van der Waals surface area (Å²) in [4.78, 5) is 25.5. The first kappa shape index (κ1) is 15.5. The summed E-state index contributed by atoms with van der Waals surface area (Å²) in [6, 6.07) is 6.61. The zero-order valence-electron chi connectivity index (χ0n) is 12.5. The van der Waals surface area contributed by atoms with Crippen LogP contribution in [0.3, 0.4) is 0 Å². The Hall–Kier alpha value is -1.88. The fraction of sp³-hybridized carbons (Fsp3) is 0.500. The molecule has 0 bridgehead atoms. The van der Waals surface area contributed by atoms with E-state index in [4.69, 9.17) is 0 Å². The number of nitrogens with one attached hydrogen (secondary N) is 1. The molecule has 21 heavy (non-hydrogen) atoms. The number of likely N-dealkylation sites (N-methyl/N-ethyl adjacent to an activating group) is 1. The molecule has 1 heterocycles. The van der Waals surface area contributed by atoms with Crippen molar-refractivity contribution >= 4 is 11.9 Å². The fourth-order valence-corrected chi connectivity index (χ4v) is 2.67. The van der Waals surface area contributed by atoms with E-state index in [2.05, 4.69) is 5.32 Å². The van der Waals surface area contributed by atoms with Crippen molar-refractivity contribution in [2.75, 3.05) is 13.6 Å². The summed E-state index contributed by atoms with van der Waals surface area (Å²) in [5.41, 5.74) is 2.04. The summed E-state index contributed by atoms with van der Waals surface area (Å²) in [5.74, 6) is -1.18. The quantitative estimate of drug-likeness (QED) is 0.855. The Labute approximate surface area is 125 Å². The van der Waals surface area contributed by atoms with Crippen LogP contribution in [-0.2, 0) is 16.0 Å². The SMILES string of the molecule is Cc1ccc(CC(NC(=O)C2CCCN2C)C(=O)O)cc1. The number of carboxylic acid groups (broad SMARTS) is 1. The molecule has 2 atom stereocenters. The van der Waals surface area contributed by atoms with Gasteiger partial charge in [-0.2, -0.15) is 0 Å². The number of nitrogens with zero attached hydrogens (tertiary/aromatic N) is 1. The van der Waals surface area contributed by atoms with Crippen LogP contribution in [0.5, 0.6) is 0 Å². The minimum Gasteiger partial charge on any atom is -0.480 e. The normalized spacial score (nSPS) is 20.2. The third kappa shape index (κ3) is 4.04. The standard InChI is InChI=1S/C16H22N2O3/c1-11-5-7-12(8-6-11)10-13(16(20)21)17-15(19)14-4-3-9-18(14)2/h5-8,13-14H,3-4,9-10H2,1-2H3,(H,17,19)(H,20,21). The first-order chi connectivity index (χ1) is 9.97. The van der Waals surface area contributed by atoms with Crippen LogP contribution in [0, 0.1) is 6.92 Å². The molecule has 1 fully saturated rings. The Morgan fingerprint density at radius 3 is 2.57 bits per heavy atom. The van der Waals surface area contributed by atoms with Gasteiger partial charge in [-0.25, -0.2) is 4.79 Å². The lowest BCUT2D eigenvalue weighted by molar-refractivity contribution is -0.142. The van der Waals surface area contributed by atoms with E-state index in [9.17, 15) is 14.7 Å². The average Bonchev–Trinajstić information content (AvgIpc) is 2.86. The molecule has 1 aliphatic heterocycles. The van der Waals surface area contributed by atoms with Crippen LogP contribution in [0.25, 0.3) is 0 Å². The molecule has 1 aromatic carbocycles. The summed E-state index contributed by atoms with van der Waals surface area (Å²) >= 11 is 0. The number of amides is 1. The molecule has 1 amide bonds. The van der Waals surface area contributed by atoms with Crippen LogP contribution >= 0.6 is 0 Å². The second-order valence-corrected chi connectivity index (χ2v) is 5.73. The zero-order valence-corrected chi connectivity index (χ0v) is 12.5. The Kier molecular flexibility index (Phi) is 4.96. The van der Waals surface area contributed by atoms with Gasteiger partial charge in [-0.15, -0.1) is 0 Å². The number of carbonyl (C=O) groups excluding carboxylic acids is 1. The van der Waals surface area contributed by atoms with E-state index in [1.54, 1.807) is 0 Å².